The van der Waals surface area contributed by atoms with E-state index in [1.165, 1.54) is 5.56 Å². The summed E-state index contributed by atoms with van der Waals surface area (Å²) in [6.45, 7) is 3.14. The fraction of sp³-hybridized carbons (Fsp3) is 0.250. The summed E-state index contributed by atoms with van der Waals surface area (Å²) in [5.41, 5.74) is 2.10. The number of aromatic nitrogens is 2. The molecule has 0 bridgehead atoms. The van der Waals surface area contributed by atoms with E-state index in [2.05, 4.69) is 20.9 Å². The molecule has 4 nitrogen and oxygen atoms in total. The Kier molecular flexibility index (Phi) is 6.95. The summed E-state index contributed by atoms with van der Waals surface area (Å²) < 4.78 is 7.95. The highest BCUT2D eigenvalue weighted by atomic mass is 35.5. The van der Waals surface area contributed by atoms with E-state index in [-0.39, 0.29) is 0 Å². The van der Waals surface area contributed by atoms with Crippen LogP contribution in [0.3, 0.4) is 0 Å². The van der Waals surface area contributed by atoms with Crippen LogP contribution in [0, 0.1) is 0 Å². The molecule has 1 N–H and O–H groups in total. The van der Waals surface area contributed by atoms with Gasteiger partial charge in [0.15, 0.2) is 0 Å². The van der Waals surface area contributed by atoms with Gasteiger partial charge in [-0.3, -0.25) is 0 Å². The summed E-state index contributed by atoms with van der Waals surface area (Å²) in [7, 11) is 0. The van der Waals surface area contributed by atoms with Crippen molar-refractivity contribution in [3.05, 3.63) is 82.4 Å². The van der Waals surface area contributed by atoms with Gasteiger partial charge in [-0.1, -0.05) is 41.4 Å². The maximum atomic E-state index is 6.18. The predicted molar refractivity (Wildman–Crippen MR) is 106 cm³/mol. The molecule has 1 aromatic heterocycles. The van der Waals surface area contributed by atoms with E-state index in [9.17, 15) is 0 Å². The van der Waals surface area contributed by atoms with Gasteiger partial charge in [-0.15, -0.1) is 0 Å². The largest absolute Gasteiger partial charge is 0.489 e. The van der Waals surface area contributed by atoms with Gasteiger partial charge < -0.3 is 14.6 Å². The second kappa shape index (κ2) is 9.62. The normalized spacial score (nSPS) is 10.8. The molecule has 3 aromatic rings. The summed E-state index contributed by atoms with van der Waals surface area (Å²) in [6, 6.07) is 13.5. The van der Waals surface area contributed by atoms with Crippen molar-refractivity contribution >= 4 is 23.2 Å². The zero-order valence-electron chi connectivity index (χ0n) is 14.4. The first-order valence-corrected chi connectivity index (χ1v) is 9.28. The molecule has 0 aliphatic heterocycles. The molecular formula is C20H21Cl2N3O. The van der Waals surface area contributed by atoms with Crippen LogP contribution < -0.4 is 10.1 Å². The first kappa shape index (κ1) is 18.8. The highest BCUT2D eigenvalue weighted by Gasteiger charge is 2.03. The number of hydrogen-bond acceptors (Lipinski definition) is 3. The number of imidazole rings is 1. The first-order valence-electron chi connectivity index (χ1n) is 8.53. The number of nitrogens with zero attached hydrogens (tertiary/aromatic N) is 2. The number of hydrogen-bond donors (Lipinski definition) is 1. The van der Waals surface area contributed by atoms with Crippen LogP contribution in [0.25, 0.3) is 0 Å². The molecule has 0 aliphatic carbocycles. The lowest BCUT2D eigenvalue weighted by Crippen LogP contribution is -2.16. The van der Waals surface area contributed by atoms with E-state index < -0.39 is 0 Å². The number of aryl methyl sites for hydroxylation is 1. The van der Waals surface area contributed by atoms with Crippen LogP contribution in [0.2, 0.25) is 10.0 Å². The number of nitrogens with one attached hydrogen (secondary N) is 1. The van der Waals surface area contributed by atoms with Crippen molar-refractivity contribution in [2.24, 2.45) is 0 Å². The maximum Gasteiger partial charge on any atom is 0.120 e. The number of ether oxygens (including phenoxy) is 1. The average Bonchev–Trinajstić information content (AvgIpc) is 3.14. The third-order valence-corrected chi connectivity index (χ3v) is 4.55. The van der Waals surface area contributed by atoms with Crippen LogP contribution in [-0.4, -0.2) is 16.1 Å². The number of halogens is 2. The fourth-order valence-electron chi connectivity index (χ4n) is 2.58. The maximum absolute atomic E-state index is 6.18. The van der Waals surface area contributed by atoms with Gasteiger partial charge in [-0.25, -0.2) is 4.98 Å². The van der Waals surface area contributed by atoms with Gasteiger partial charge in [0.2, 0.25) is 0 Å². The smallest absolute Gasteiger partial charge is 0.120 e. The molecule has 0 saturated carbocycles. The fourth-order valence-corrected chi connectivity index (χ4v) is 3.05. The molecule has 0 spiro atoms. The quantitative estimate of drug-likeness (QED) is 0.526. The summed E-state index contributed by atoms with van der Waals surface area (Å²) in [4.78, 5) is 4.04. The standard InChI is InChI=1S/C20H21Cl2N3O/c21-18-6-5-17(20(22)12-18)14-26-19-4-1-3-16(11-19)13-23-7-2-9-25-10-8-24-15-25/h1,3-6,8,10-12,15,23H,2,7,9,13-14H2. The highest BCUT2D eigenvalue weighted by molar-refractivity contribution is 6.35. The molecule has 3 rings (SSSR count). The minimum absolute atomic E-state index is 0.414. The van der Waals surface area contributed by atoms with E-state index in [0.29, 0.717) is 16.7 Å². The molecule has 26 heavy (non-hydrogen) atoms. The lowest BCUT2D eigenvalue weighted by atomic mass is 10.2. The van der Waals surface area contributed by atoms with Crippen LogP contribution in [0.4, 0.5) is 0 Å². The van der Waals surface area contributed by atoms with E-state index in [1.807, 2.05) is 42.9 Å². The van der Waals surface area contributed by atoms with E-state index >= 15 is 0 Å². The van der Waals surface area contributed by atoms with Crippen LogP contribution in [-0.2, 0) is 19.7 Å². The molecule has 0 aliphatic rings. The van der Waals surface area contributed by atoms with Crippen LogP contribution in [0.5, 0.6) is 5.75 Å². The molecule has 0 unspecified atom stereocenters. The van der Waals surface area contributed by atoms with Crippen LogP contribution >= 0.6 is 23.2 Å². The van der Waals surface area contributed by atoms with Crippen molar-refractivity contribution in [1.29, 1.82) is 0 Å². The van der Waals surface area contributed by atoms with Crippen LogP contribution in [0.15, 0.2) is 61.2 Å². The Morgan fingerprint density at radius 1 is 1.12 bits per heavy atom. The van der Waals surface area contributed by atoms with E-state index in [0.717, 1.165) is 37.4 Å². The van der Waals surface area contributed by atoms with Gasteiger partial charge in [-0.2, -0.15) is 0 Å². The zero-order chi connectivity index (χ0) is 18.2. The van der Waals surface area contributed by atoms with Gasteiger partial charge in [0.25, 0.3) is 0 Å². The molecule has 0 atom stereocenters. The second-order valence-electron chi connectivity index (χ2n) is 6.00. The average molecular weight is 390 g/mol. The molecule has 136 valence electrons. The number of rotatable bonds is 9. The molecule has 2 aromatic carbocycles. The molecule has 0 saturated heterocycles. The monoisotopic (exact) mass is 389 g/mol. The third kappa shape index (κ3) is 5.77. The summed E-state index contributed by atoms with van der Waals surface area (Å²) in [5.74, 6) is 0.828. The molecule has 0 radical (unpaired) electrons. The van der Waals surface area contributed by atoms with Crippen molar-refractivity contribution in [3.8, 4) is 5.75 Å². The lowest BCUT2D eigenvalue weighted by molar-refractivity contribution is 0.306. The van der Waals surface area contributed by atoms with Gasteiger partial charge in [0, 0.05) is 41.1 Å². The van der Waals surface area contributed by atoms with Gasteiger partial charge in [0.1, 0.15) is 12.4 Å². The minimum atomic E-state index is 0.414. The molecular weight excluding hydrogens is 369 g/mol. The molecule has 6 heteroatoms. The van der Waals surface area contributed by atoms with Gasteiger partial charge in [0.05, 0.1) is 6.33 Å². The Morgan fingerprint density at radius 3 is 2.85 bits per heavy atom. The Bertz CT molecular complexity index is 822. The van der Waals surface area contributed by atoms with Gasteiger partial charge in [-0.05, 0) is 42.8 Å². The Hall–Kier alpha value is -2.01. The Balaban J connectivity index is 1.43. The van der Waals surface area contributed by atoms with Crippen LogP contribution in [0.1, 0.15) is 17.5 Å². The zero-order valence-corrected chi connectivity index (χ0v) is 15.9. The summed E-state index contributed by atoms with van der Waals surface area (Å²) in [6.07, 6.45) is 6.68. The van der Waals surface area contributed by atoms with Crippen molar-refractivity contribution in [2.45, 2.75) is 26.1 Å². The summed E-state index contributed by atoms with van der Waals surface area (Å²) >= 11 is 12.1. The van der Waals surface area contributed by atoms with Crippen molar-refractivity contribution in [1.82, 2.24) is 14.9 Å². The Labute approximate surface area is 163 Å². The number of benzene rings is 2. The van der Waals surface area contributed by atoms with E-state index in [4.69, 9.17) is 27.9 Å². The molecule has 0 amide bonds. The molecule has 1 heterocycles. The highest BCUT2D eigenvalue weighted by Crippen LogP contribution is 2.23. The van der Waals surface area contributed by atoms with Crippen molar-refractivity contribution in [2.75, 3.05) is 6.54 Å². The van der Waals surface area contributed by atoms with Crippen molar-refractivity contribution in [3.63, 3.8) is 0 Å². The molecule has 0 fully saturated rings. The minimum Gasteiger partial charge on any atom is -0.489 e. The first-order chi connectivity index (χ1) is 12.7. The summed E-state index contributed by atoms with van der Waals surface area (Å²) in [5, 5.41) is 4.70. The SMILES string of the molecule is Clc1ccc(COc2cccc(CNCCCn3ccnc3)c2)c(Cl)c1. The lowest BCUT2D eigenvalue weighted by Gasteiger charge is -2.10. The third-order valence-electron chi connectivity index (χ3n) is 3.97. The Morgan fingerprint density at radius 2 is 2.04 bits per heavy atom. The van der Waals surface area contributed by atoms with Gasteiger partial charge >= 0.3 is 0 Å². The predicted octanol–water partition coefficient (Wildman–Crippen LogP) is 4.95. The van der Waals surface area contributed by atoms with E-state index in [1.54, 1.807) is 12.3 Å². The van der Waals surface area contributed by atoms with Crippen molar-refractivity contribution < 1.29 is 4.74 Å². The topological polar surface area (TPSA) is 39.1 Å². The second-order valence-corrected chi connectivity index (χ2v) is 6.85.